The Hall–Kier alpha value is -1.76. The monoisotopic (exact) mass is 263 g/mol. The molecule has 20 heavy (non-hydrogen) atoms. The zero-order valence-electron chi connectivity index (χ0n) is 12.4. The maximum absolute atomic E-state index is 2.48. The minimum absolute atomic E-state index is 1.14. The third kappa shape index (κ3) is 1.69. The van der Waals surface area contributed by atoms with Crippen LogP contribution < -0.4 is 15.3 Å². The molecule has 0 amide bonds. The van der Waals surface area contributed by atoms with Gasteiger partial charge in [0.05, 0.1) is 0 Å². The Morgan fingerprint density at radius 3 is 2.75 bits per heavy atom. The molecule has 0 bridgehead atoms. The molecule has 0 aromatic heterocycles. The van der Waals surface area contributed by atoms with Gasteiger partial charge in [-0.25, -0.2) is 0 Å². The highest BCUT2D eigenvalue weighted by Gasteiger charge is 2.26. The Bertz CT molecular complexity index is 759. The number of rotatable bonds is 1. The Labute approximate surface area is 120 Å². The van der Waals surface area contributed by atoms with Gasteiger partial charge >= 0.3 is 0 Å². The van der Waals surface area contributed by atoms with Crippen LogP contribution in [0.5, 0.6) is 0 Å². The van der Waals surface area contributed by atoms with Gasteiger partial charge in [0.1, 0.15) is 0 Å². The normalized spacial score (nSPS) is 19.9. The van der Waals surface area contributed by atoms with Gasteiger partial charge in [-0.15, -0.1) is 0 Å². The molecule has 1 aromatic rings. The third-order valence-electron chi connectivity index (χ3n) is 4.91. The number of hydrogen-bond acceptors (Lipinski definition) is 1. The van der Waals surface area contributed by atoms with Crippen molar-refractivity contribution in [3.63, 3.8) is 0 Å². The van der Waals surface area contributed by atoms with Gasteiger partial charge in [-0.2, -0.15) is 0 Å². The second-order valence-electron chi connectivity index (χ2n) is 6.31. The molecule has 1 nitrogen and oxygen atoms in total. The zero-order chi connectivity index (χ0) is 13.7. The maximum atomic E-state index is 2.48. The van der Waals surface area contributed by atoms with E-state index in [2.05, 4.69) is 49.3 Å². The molecular formula is C19H21N. The zero-order valence-corrected chi connectivity index (χ0v) is 12.4. The molecule has 4 rings (SSSR count). The largest absolute Gasteiger partial charge is 0.378 e. The van der Waals surface area contributed by atoms with Crippen molar-refractivity contribution in [2.24, 2.45) is 0 Å². The van der Waals surface area contributed by atoms with Crippen LogP contribution in [0, 0.1) is 0 Å². The summed E-state index contributed by atoms with van der Waals surface area (Å²) in [6.07, 6.45) is 11.1. The van der Waals surface area contributed by atoms with Crippen LogP contribution in [-0.2, 0) is 0 Å². The van der Waals surface area contributed by atoms with Gasteiger partial charge in [-0.3, -0.25) is 0 Å². The van der Waals surface area contributed by atoms with E-state index in [4.69, 9.17) is 0 Å². The molecular weight excluding hydrogens is 242 g/mol. The van der Waals surface area contributed by atoms with E-state index >= 15 is 0 Å². The molecule has 0 N–H and O–H groups in total. The average Bonchev–Trinajstić information content (AvgIpc) is 2.85. The van der Waals surface area contributed by atoms with Gasteiger partial charge in [0.15, 0.2) is 0 Å². The molecule has 0 fully saturated rings. The summed E-state index contributed by atoms with van der Waals surface area (Å²) in [4.78, 5) is 2.20. The average molecular weight is 263 g/mol. The number of benzene rings is 1. The maximum Gasteiger partial charge on any atom is 0.0367 e. The van der Waals surface area contributed by atoms with Crippen molar-refractivity contribution in [1.82, 2.24) is 0 Å². The summed E-state index contributed by atoms with van der Waals surface area (Å²) in [5, 5.41) is 2.90. The Morgan fingerprint density at radius 1 is 1.00 bits per heavy atom. The lowest BCUT2D eigenvalue weighted by molar-refractivity contribution is 0.798. The predicted molar refractivity (Wildman–Crippen MR) is 86.1 cm³/mol. The molecule has 0 aliphatic heterocycles. The van der Waals surface area contributed by atoms with E-state index in [1.54, 1.807) is 22.3 Å². The summed E-state index contributed by atoms with van der Waals surface area (Å²) in [5.74, 6) is 0. The molecule has 0 spiro atoms. The molecule has 102 valence electrons. The molecule has 1 heteroatoms. The molecule has 0 saturated carbocycles. The van der Waals surface area contributed by atoms with E-state index in [0.717, 1.165) is 6.42 Å². The van der Waals surface area contributed by atoms with Crippen molar-refractivity contribution in [3.05, 3.63) is 51.4 Å². The summed E-state index contributed by atoms with van der Waals surface area (Å²) in [5.41, 5.74) is 7.84. The van der Waals surface area contributed by atoms with Crippen LogP contribution >= 0.6 is 0 Å². The Morgan fingerprint density at radius 2 is 1.90 bits per heavy atom. The van der Waals surface area contributed by atoms with Crippen molar-refractivity contribution >= 4 is 17.3 Å². The molecule has 0 heterocycles. The van der Waals surface area contributed by atoms with Crippen molar-refractivity contribution < 1.29 is 0 Å². The van der Waals surface area contributed by atoms with Crippen LogP contribution in [0.3, 0.4) is 0 Å². The van der Waals surface area contributed by atoms with Gasteiger partial charge in [0.25, 0.3) is 0 Å². The van der Waals surface area contributed by atoms with E-state index in [0.29, 0.717) is 0 Å². The summed E-state index contributed by atoms with van der Waals surface area (Å²) < 4.78 is 0. The molecule has 0 atom stereocenters. The van der Waals surface area contributed by atoms with E-state index in [1.165, 1.54) is 41.8 Å². The molecule has 3 aliphatic carbocycles. The molecule has 0 radical (unpaired) electrons. The first-order valence-electron chi connectivity index (χ1n) is 7.66. The minimum atomic E-state index is 1.14. The standard InChI is InChI=1S/C19H21N/c1-20(2)15-9-7-13-8-10-17-16-6-4-3-5-14(16)11-19(17)18(13)12-15/h5,7-9,12H,3-4,6,10-11H2,1-2H3. The lowest BCUT2D eigenvalue weighted by Crippen LogP contribution is -2.30. The molecule has 0 unspecified atom stereocenters. The predicted octanol–water partition coefficient (Wildman–Crippen LogP) is 2.90. The van der Waals surface area contributed by atoms with Gasteiger partial charge in [-0.1, -0.05) is 18.2 Å². The lowest BCUT2D eigenvalue weighted by Gasteiger charge is -2.16. The summed E-state index contributed by atoms with van der Waals surface area (Å²) in [7, 11) is 4.24. The Balaban J connectivity index is 1.99. The van der Waals surface area contributed by atoms with Crippen molar-refractivity contribution in [3.8, 4) is 0 Å². The van der Waals surface area contributed by atoms with Crippen molar-refractivity contribution in [2.75, 3.05) is 19.0 Å². The third-order valence-corrected chi connectivity index (χ3v) is 4.91. The van der Waals surface area contributed by atoms with Gasteiger partial charge in [-0.05, 0) is 77.0 Å². The molecule has 3 aliphatic rings. The first kappa shape index (κ1) is 12.0. The van der Waals surface area contributed by atoms with Crippen molar-refractivity contribution in [2.45, 2.75) is 32.1 Å². The number of fused-ring (bicyclic) bond motifs is 3. The minimum Gasteiger partial charge on any atom is -0.378 e. The van der Waals surface area contributed by atoms with Crippen LogP contribution in [-0.4, -0.2) is 14.1 Å². The van der Waals surface area contributed by atoms with Gasteiger partial charge in [0, 0.05) is 19.8 Å². The van der Waals surface area contributed by atoms with Crippen LogP contribution in [0.15, 0.2) is 41.0 Å². The van der Waals surface area contributed by atoms with E-state index in [-0.39, 0.29) is 0 Å². The number of nitrogens with zero attached hydrogens (tertiary/aromatic N) is 1. The summed E-state index contributed by atoms with van der Waals surface area (Å²) in [6.45, 7) is 0. The summed E-state index contributed by atoms with van der Waals surface area (Å²) >= 11 is 0. The summed E-state index contributed by atoms with van der Waals surface area (Å²) in [6, 6.07) is 6.89. The highest BCUT2D eigenvalue weighted by Crippen LogP contribution is 2.43. The SMILES string of the molecule is CN(C)c1ccc2c(c1)=C1CC3=CCCCC3=C1CC=2. The van der Waals surface area contributed by atoms with Crippen LogP contribution in [0.25, 0.3) is 11.6 Å². The fourth-order valence-corrected chi connectivity index (χ4v) is 3.82. The second kappa shape index (κ2) is 4.37. The Kier molecular flexibility index (Phi) is 2.63. The number of anilines is 1. The van der Waals surface area contributed by atoms with Gasteiger partial charge < -0.3 is 4.90 Å². The quantitative estimate of drug-likeness (QED) is 0.753. The van der Waals surface area contributed by atoms with E-state index in [9.17, 15) is 0 Å². The van der Waals surface area contributed by atoms with Crippen LogP contribution in [0.2, 0.25) is 0 Å². The molecule has 1 aromatic carbocycles. The van der Waals surface area contributed by atoms with E-state index < -0.39 is 0 Å². The van der Waals surface area contributed by atoms with Crippen LogP contribution in [0.4, 0.5) is 5.69 Å². The first-order valence-corrected chi connectivity index (χ1v) is 7.66. The number of hydrogen-bond donors (Lipinski definition) is 0. The number of allylic oxidation sites excluding steroid dienone is 4. The van der Waals surface area contributed by atoms with Gasteiger partial charge in [0.2, 0.25) is 0 Å². The lowest BCUT2D eigenvalue weighted by atomic mass is 9.92. The fourth-order valence-electron chi connectivity index (χ4n) is 3.82. The van der Waals surface area contributed by atoms with Crippen LogP contribution in [0.1, 0.15) is 32.1 Å². The molecule has 0 saturated heterocycles. The van der Waals surface area contributed by atoms with Crippen molar-refractivity contribution in [1.29, 1.82) is 0 Å². The first-order chi connectivity index (χ1) is 9.74. The second-order valence-corrected chi connectivity index (χ2v) is 6.31. The fraction of sp³-hybridized carbons (Fsp3) is 0.368. The van der Waals surface area contributed by atoms with E-state index in [1.807, 2.05) is 0 Å². The topological polar surface area (TPSA) is 3.24 Å². The smallest absolute Gasteiger partial charge is 0.0367 e. The highest BCUT2D eigenvalue weighted by molar-refractivity contribution is 5.80. The highest BCUT2D eigenvalue weighted by atomic mass is 15.1.